The van der Waals surface area contributed by atoms with E-state index in [2.05, 4.69) is 24.4 Å². The molecule has 0 spiro atoms. The van der Waals surface area contributed by atoms with Crippen LogP contribution in [0.25, 0.3) is 0 Å². The van der Waals surface area contributed by atoms with Gasteiger partial charge in [0.2, 0.25) is 0 Å². The fourth-order valence-corrected chi connectivity index (χ4v) is 0.448. The summed E-state index contributed by atoms with van der Waals surface area (Å²) in [7, 11) is 0. The summed E-state index contributed by atoms with van der Waals surface area (Å²) in [6.45, 7) is 6.17. The number of allylic oxidation sites excluding steroid dienone is 2. The van der Waals surface area contributed by atoms with Crippen molar-refractivity contribution in [2.45, 2.75) is 20.8 Å². The first-order valence-corrected chi connectivity index (χ1v) is 3.79. The molecule has 12 heavy (non-hydrogen) atoms. The Bertz CT molecular complexity index is 206. The van der Waals surface area contributed by atoms with Crippen LogP contribution in [0.4, 0.5) is 4.79 Å². The first-order chi connectivity index (χ1) is 5.54. The largest absolute Gasteiger partial charge is 0.350 e. The number of carbonyl (C=O) groups excluding carboxylic acids is 1. The van der Waals surface area contributed by atoms with E-state index in [1.54, 1.807) is 0 Å². The van der Waals surface area contributed by atoms with E-state index >= 15 is 0 Å². The molecule has 0 unspecified atom stereocenters. The normalized spacial score (nSPS) is 12.5. The summed E-state index contributed by atoms with van der Waals surface area (Å²) < 4.78 is 0. The van der Waals surface area contributed by atoms with Crippen LogP contribution in [0.2, 0.25) is 0 Å². The predicted octanol–water partition coefficient (Wildman–Crippen LogP) is 1.24. The maximum absolute atomic E-state index is 10.2. The topological polar surface area (TPSA) is 67.5 Å². The van der Waals surface area contributed by atoms with Gasteiger partial charge in [0.1, 0.15) is 0 Å². The molecule has 0 radical (unpaired) electrons. The van der Waals surface area contributed by atoms with Crippen molar-refractivity contribution in [2.75, 3.05) is 0 Å². The molecule has 0 saturated carbocycles. The molecule has 68 valence electrons. The Morgan fingerprint density at radius 1 is 1.58 bits per heavy atom. The Hall–Kier alpha value is -1.32. The molecular weight excluding hydrogens is 154 g/mol. The number of urea groups is 1. The monoisotopic (exact) mass is 169 g/mol. The van der Waals surface area contributed by atoms with Crippen LogP contribution in [0.5, 0.6) is 0 Å². The third-order valence-electron chi connectivity index (χ3n) is 1.50. The fraction of sp³-hybridized carbons (Fsp3) is 0.500. The lowest BCUT2D eigenvalue weighted by molar-refractivity contribution is 0.249. The van der Waals surface area contributed by atoms with E-state index in [1.807, 2.05) is 13.0 Å². The average Bonchev–Trinajstić information content (AvgIpc) is 1.97. The van der Waals surface area contributed by atoms with Crippen molar-refractivity contribution in [1.82, 2.24) is 5.43 Å². The summed E-state index contributed by atoms with van der Waals surface area (Å²) in [5.41, 5.74) is 8.09. The number of hydrogen-bond acceptors (Lipinski definition) is 2. The molecule has 3 N–H and O–H groups in total. The van der Waals surface area contributed by atoms with Gasteiger partial charge in [-0.1, -0.05) is 19.4 Å². The molecule has 0 aromatic carbocycles. The van der Waals surface area contributed by atoms with Gasteiger partial charge in [0, 0.05) is 6.21 Å². The maximum atomic E-state index is 10.2. The summed E-state index contributed by atoms with van der Waals surface area (Å²) in [5.74, 6) is 0.491. The lowest BCUT2D eigenvalue weighted by Crippen LogP contribution is -2.24. The van der Waals surface area contributed by atoms with Crippen LogP contribution in [0.3, 0.4) is 0 Å². The second-order valence-corrected chi connectivity index (χ2v) is 2.82. The fourth-order valence-electron chi connectivity index (χ4n) is 0.448. The molecule has 0 aliphatic rings. The molecule has 0 fully saturated rings. The highest BCUT2D eigenvalue weighted by Crippen LogP contribution is 2.05. The summed E-state index contributed by atoms with van der Waals surface area (Å²) >= 11 is 0. The van der Waals surface area contributed by atoms with Crippen LogP contribution in [0.1, 0.15) is 20.8 Å². The van der Waals surface area contributed by atoms with Gasteiger partial charge in [0.25, 0.3) is 0 Å². The van der Waals surface area contributed by atoms with Gasteiger partial charge in [-0.05, 0) is 18.9 Å². The number of nitrogens with zero attached hydrogens (tertiary/aromatic N) is 1. The summed E-state index contributed by atoms with van der Waals surface area (Å²) in [6, 6.07) is -0.651. The Kier molecular flexibility index (Phi) is 4.76. The number of hydrazone groups is 1. The molecule has 2 amide bonds. The van der Waals surface area contributed by atoms with Crippen molar-refractivity contribution >= 4 is 12.2 Å². The van der Waals surface area contributed by atoms with Gasteiger partial charge in [-0.15, -0.1) is 0 Å². The Balaban J connectivity index is 3.86. The lowest BCUT2D eigenvalue weighted by Gasteiger charge is -2.01. The highest BCUT2D eigenvalue weighted by Gasteiger charge is 1.92. The quantitative estimate of drug-likeness (QED) is 0.484. The van der Waals surface area contributed by atoms with Gasteiger partial charge < -0.3 is 5.73 Å². The molecule has 0 bridgehead atoms. The maximum Gasteiger partial charge on any atom is 0.332 e. The molecule has 0 saturated heterocycles. The number of primary amides is 1. The van der Waals surface area contributed by atoms with Crippen molar-refractivity contribution < 1.29 is 4.79 Å². The number of nitrogens with two attached hydrogens (primary N) is 1. The van der Waals surface area contributed by atoms with Gasteiger partial charge >= 0.3 is 6.03 Å². The Morgan fingerprint density at radius 2 is 2.17 bits per heavy atom. The second-order valence-electron chi connectivity index (χ2n) is 2.82. The average molecular weight is 169 g/mol. The van der Waals surface area contributed by atoms with E-state index in [4.69, 9.17) is 5.73 Å². The van der Waals surface area contributed by atoms with Gasteiger partial charge in [-0.3, -0.25) is 0 Å². The van der Waals surface area contributed by atoms with E-state index in [1.165, 1.54) is 11.8 Å². The minimum Gasteiger partial charge on any atom is -0.350 e. The zero-order chi connectivity index (χ0) is 9.56. The standard InChI is InChI=1S/C8H15N3O/c1-6(2)7(3)4-5-10-11-8(9)12/h4-6H,1-3H3,(H3,9,11,12)/b7-4+,10-5+. The van der Waals surface area contributed by atoms with Crippen LogP contribution in [-0.2, 0) is 0 Å². The van der Waals surface area contributed by atoms with Crippen molar-refractivity contribution in [3.8, 4) is 0 Å². The summed E-state index contributed by atoms with van der Waals surface area (Å²) in [6.07, 6.45) is 3.35. The minimum atomic E-state index is -0.651. The van der Waals surface area contributed by atoms with Crippen LogP contribution >= 0.6 is 0 Å². The van der Waals surface area contributed by atoms with E-state index in [0.717, 1.165) is 0 Å². The first-order valence-electron chi connectivity index (χ1n) is 3.79. The molecule has 0 heterocycles. The number of rotatable bonds is 3. The van der Waals surface area contributed by atoms with Crippen LogP contribution in [0, 0.1) is 5.92 Å². The van der Waals surface area contributed by atoms with Gasteiger partial charge in [-0.25, -0.2) is 10.2 Å². The van der Waals surface area contributed by atoms with Crippen molar-refractivity contribution in [3.63, 3.8) is 0 Å². The number of nitrogens with one attached hydrogen (secondary N) is 1. The Labute approximate surface area is 72.5 Å². The molecular formula is C8H15N3O. The summed E-state index contributed by atoms with van der Waals surface area (Å²) in [5, 5.41) is 3.57. The van der Waals surface area contributed by atoms with E-state index in [-0.39, 0.29) is 0 Å². The molecule has 0 aliphatic carbocycles. The first kappa shape index (κ1) is 10.7. The smallest absolute Gasteiger partial charge is 0.332 e. The van der Waals surface area contributed by atoms with E-state index < -0.39 is 6.03 Å². The van der Waals surface area contributed by atoms with Gasteiger partial charge in [-0.2, -0.15) is 5.10 Å². The molecule has 4 nitrogen and oxygen atoms in total. The van der Waals surface area contributed by atoms with E-state index in [9.17, 15) is 4.79 Å². The SMILES string of the molecule is C/C(=C\C=N\NC(N)=O)C(C)C. The third kappa shape index (κ3) is 5.46. The highest BCUT2D eigenvalue weighted by atomic mass is 16.2. The second kappa shape index (κ2) is 5.35. The Morgan fingerprint density at radius 3 is 2.58 bits per heavy atom. The summed E-state index contributed by atoms with van der Waals surface area (Å²) in [4.78, 5) is 10.2. The number of amides is 2. The van der Waals surface area contributed by atoms with Crippen molar-refractivity contribution in [3.05, 3.63) is 11.6 Å². The van der Waals surface area contributed by atoms with Crippen LogP contribution in [0.15, 0.2) is 16.8 Å². The zero-order valence-corrected chi connectivity index (χ0v) is 7.66. The predicted molar refractivity (Wildman–Crippen MR) is 49.8 cm³/mol. The zero-order valence-electron chi connectivity index (χ0n) is 7.66. The molecule has 0 atom stereocenters. The number of hydrogen-bond donors (Lipinski definition) is 2. The van der Waals surface area contributed by atoms with Crippen molar-refractivity contribution in [1.29, 1.82) is 0 Å². The molecule has 0 aromatic heterocycles. The van der Waals surface area contributed by atoms with E-state index in [0.29, 0.717) is 5.92 Å². The molecule has 4 heteroatoms. The molecule has 0 aromatic rings. The van der Waals surface area contributed by atoms with Crippen LogP contribution < -0.4 is 11.2 Å². The highest BCUT2D eigenvalue weighted by molar-refractivity contribution is 5.76. The lowest BCUT2D eigenvalue weighted by atomic mass is 10.1. The minimum absolute atomic E-state index is 0.491. The molecule has 0 rings (SSSR count). The van der Waals surface area contributed by atoms with Crippen LogP contribution in [-0.4, -0.2) is 12.2 Å². The molecule has 0 aliphatic heterocycles. The van der Waals surface area contributed by atoms with Gasteiger partial charge in [0.05, 0.1) is 0 Å². The third-order valence-corrected chi connectivity index (χ3v) is 1.50. The van der Waals surface area contributed by atoms with Crippen molar-refractivity contribution in [2.24, 2.45) is 16.8 Å². The number of carbonyl (C=O) groups is 1. The van der Waals surface area contributed by atoms with Gasteiger partial charge in [0.15, 0.2) is 0 Å².